The van der Waals surface area contributed by atoms with E-state index in [-0.39, 0.29) is 34.2 Å². The second-order valence-electron chi connectivity index (χ2n) is 9.56. The molecule has 0 aliphatic carbocycles. The van der Waals surface area contributed by atoms with Crippen LogP contribution in [0.4, 0.5) is 15.3 Å². The van der Waals surface area contributed by atoms with Crippen molar-refractivity contribution >= 4 is 55.0 Å². The summed E-state index contributed by atoms with van der Waals surface area (Å²) in [6.45, 7) is 2.82. The van der Waals surface area contributed by atoms with Crippen molar-refractivity contribution in [2.45, 2.75) is 31.3 Å². The number of hydrogen-bond acceptors (Lipinski definition) is 9. The molecule has 188 valence electrons. The number of hydrogen-bond donors (Lipinski definition) is 2. The Balaban J connectivity index is 1.50. The fourth-order valence-corrected chi connectivity index (χ4v) is 6.28. The van der Waals surface area contributed by atoms with Crippen molar-refractivity contribution in [2.24, 2.45) is 5.73 Å². The average Bonchev–Trinajstić information content (AvgIpc) is 3.57. The summed E-state index contributed by atoms with van der Waals surface area (Å²) in [5.74, 6) is 0.0535. The lowest BCUT2D eigenvalue weighted by atomic mass is 10.0. The number of nitrogens with zero attached hydrogens (tertiary/aromatic N) is 5. The molecule has 4 aromatic rings. The number of para-hydroxylation sites is 1. The number of anilines is 2. The van der Waals surface area contributed by atoms with E-state index in [0.717, 1.165) is 37.1 Å². The molecule has 2 aliphatic rings. The summed E-state index contributed by atoms with van der Waals surface area (Å²) < 4.78 is 23.3. The van der Waals surface area contributed by atoms with Gasteiger partial charge in [-0.25, -0.2) is 9.37 Å². The molecule has 2 aliphatic heterocycles. The Bertz CT molecular complexity index is 1460. The molecule has 2 atom stereocenters. The second-order valence-corrected chi connectivity index (χ2v) is 11.0. The number of aromatic nitrogens is 3. The number of nitrogens with two attached hydrogens (primary N) is 2. The van der Waals surface area contributed by atoms with Crippen LogP contribution in [-0.2, 0) is 0 Å². The molecule has 0 saturated carbocycles. The number of fused-ring (bicyclic) bond motifs is 2. The number of nitrogen functional groups attached to an aromatic ring is 1. The summed E-state index contributed by atoms with van der Waals surface area (Å²) in [7, 11) is 2.08. The first-order valence-electron chi connectivity index (χ1n) is 12.1. The largest absolute Gasteiger partial charge is 0.462 e. The first-order chi connectivity index (χ1) is 17.4. The van der Waals surface area contributed by atoms with E-state index in [1.807, 2.05) is 12.1 Å². The number of thiazole rings is 1. The topological polar surface area (TPSA) is 106 Å². The Morgan fingerprint density at radius 2 is 2.06 bits per heavy atom. The number of ether oxygens (including phenoxy) is 1. The van der Waals surface area contributed by atoms with E-state index >= 15 is 4.39 Å². The normalized spacial score (nSPS) is 20.7. The summed E-state index contributed by atoms with van der Waals surface area (Å²) in [5.41, 5.74) is 13.7. The van der Waals surface area contributed by atoms with Gasteiger partial charge in [0.15, 0.2) is 10.9 Å². The number of halogens is 2. The van der Waals surface area contributed by atoms with Gasteiger partial charge in [-0.15, -0.1) is 0 Å². The van der Waals surface area contributed by atoms with E-state index in [0.29, 0.717) is 40.6 Å². The molecule has 0 unspecified atom stereocenters. The van der Waals surface area contributed by atoms with Crippen molar-refractivity contribution in [2.75, 3.05) is 43.9 Å². The number of rotatable bonds is 5. The second kappa shape index (κ2) is 9.26. The van der Waals surface area contributed by atoms with E-state index in [1.165, 1.54) is 11.3 Å². The van der Waals surface area contributed by atoms with Crippen LogP contribution < -0.4 is 21.1 Å². The minimum Gasteiger partial charge on any atom is -0.462 e. The molecular formula is C25H27ClFN7OS. The predicted octanol–water partition coefficient (Wildman–Crippen LogP) is 4.29. The maximum absolute atomic E-state index is 16.3. The monoisotopic (exact) mass is 527 g/mol. The first kappa shape index (κ1) is 23.6. The molecule has 0 radical (unpaired) electrons. The summed E-state index contributed by atoms with van der Waals surface area (Å²) in [5, 5.41) is 1.21. The molecule has 2 aromatic heterocycles. The Morgan fingerprint density at radius 3 is 2.81 bits per heavy atom. The van der Waals surface area contributed by atoms with Gasteiger partial charge in [0.25, 0.3) is 0 Å². The average molecular weight is 528 g/mol. The van der Waals surface area contributed by atoms with Crippen LogP contribution in [0.5, 0.6) is 6.01 Å². The molecule has 2 fully saturated rings. The number of benzene rings is 2. The maximum atomic E-state index is 16.3. The quantitative estimate of drug-likeness (QED) is 0.396. The van der Waals surface area contributed by atoms with Crippen molar-refractivity contribution in [3.63, 3.8) is 0 Å². The van der Waals surface area contributed by atoms with Gasteiger partial charge in [-0.1, -0.05) is 35.1 Å². The molecule has 2 saturated heterocycles. The lowest BCUT2D eigenvalue weighted by Gasteiger charge is -2.22. The SMILES string of the molecule is CN1CCC[C@H]1COc1nc(N2CC[C@H](N)C2)c2cc(Cl)c(-c3cccc4sc(N)nc34)c(F)c2n1. The van der Waals surface area contributed by atoms with Gasteiger partial charge in [0, 0.05) is 41.7 Å². The van der Waals surface area contributed by atoms with E-state index in [1.54, 1.807) is 12.1 Å². The molecular weight excluding hydrogens is 501 g/mol. The molecule has 36 heavy (non-hydrogen) atoms. The van der Waals surface area contributed by atoms with Crippen LogP contribution in [0.25, 0.3) is 32.2 Å². The van der Waals surface area contributed by atoms with Gasteiger partial charge in [0.1, 0.15) is 17.9 Å². The van der Waals surface area contributed by atoms with Crippen molar-refractivity contribution < 1.29 is 9.13 Å². The molecule has 8 nitrogen and oxygen atoms in total. The zero-order valence-electron chi connectivity index (χ0n) is 19.9. The fourth-order valence-electron chi connectivity index (χ4n) is 5.22. The zero-order valence-corrected chi connectivity index (χ0v) is 21.4. The highest BCUT2D eigenvalue weighted by molar-refractivity contribution is 7.22. The number of likely N-dealkylation sites (tertiary alicyclic amines) is 1. The third-order valence-electron chi connectivity index (χ3n) is 7.15. The third-order valence-corrected chi connectivity index (χ3v) is 8.30. The highest BCUT2D eigenvalue weighted by Gasteiger charge is 2.28. The molecule has 4 N–H and O–H groups in total. The first-order valence-corrected chi connectivity index (χ1v) is 13.3. The van der Waals surface area contributed by atoms with Crippen molar-refractivity contribution in [1.29, 1.82) is 0 Å². The summed E-state index contributed by atoms with van der Waals surface area (Å²) in [6, 6.07) is 7.75. The Hall–Kier alpha value is -2.79. The lowest BCUT2D eigenvalue weighted by Crippen LogP contribution is -2.31. The van der Waals surface area contributed by atoms with Crippen LogP contribution in [-0.4, -0.2) is 65.2 Å². The lowest BCUT2D eigenvalue weighted by molar-refractivity contribution is 0.188. The Morgan fingerprint density at radius 1 is 1.19 bits per heavy atom. The predicted molar refractivity (Wildman–Crippen MR) is 143 cm³/mol. The fraction of sp³-hybridized carbons (Fsp3) is 0.400. The standard InChI is InChI=1S/C25H27ClFN7OS/c1-33-8-3-4-14(33)12-35-25-31-22-16(23(32-25)34-9-7-13(28)11-34)10-17(26)19(20(22)27)15-5-2-6-18-21(15)30-24(29)36-18/h2,5-6,10,13-14H,3-4,7-9,11-12,28H2,1H3,(H2,29,30)/t13-,14-/m0/s1. The van der Waals surface area contributed by atoms with Gasteiger partial charge in [0.2, 0.25) is 0 Å². The van der Waals surface area contributed by atoms with Crippen molar-refractivity contribution in [1.82, 2.24) is 19.9 Å². The molecule has 2 aromatic carbocycles. The molecule has 4 heterocycles. The van der Waals surface area contributed by atoms with Gasteiger partial charge in [-0.05, 0) is 45.0 Å². The summed E-state index contributed by atoms with van der Waals surface area (Å²) >= 11 is 8.08. The highest BCUT2D eigenvalue weighted by Crippen LogP contribution is 2.42. The van der Waals surface area contributed by atoms with Gasteiger partial charge >= 0.3 is 6.01 Å². The van der Waals surface area contributed by atoms with Crippen molar-refractivity contribution in [3.8, 4) is 17.1 Å². The smallest absolute Gasteiger partial charge is 0.319 e. The van der Waals surface area contributed by atoms with E-state index in [4.69, 9.17) is 32.8 Å². The number of likely N-dealkylation sites (N-methyl/N-ethyl adjacent to an activating group) is 1. The van der Waals surface area contributed by atoms with E-state index in [9.17, 15) is 0 Å². The third kappa shape index (κ3) is 4.11. The molecule has 0 bridgehead atoms. The zero-order chi connectivity index (χ0) is 25.0. The minimum absolute atomic E-state index is 0.0267. The van der Waals surface area contributed by atoms with Crippen LogP contribution in [0.15, 0.2) is 24.3 Å². The minimum atomic E-state index is -0.536. The van der Waals surface area contributed by atoms with Crippen molar-refractivity contribution in [3.05, 3.63) is 35.1 Å². The van der Waals surface area contributed by atoms with E-state index in [2.05, 4.69) is 26.8 Å². The summed E-state index contributed by atoms with van der Waals surface area (Å²) in [6.07, 6.45) is 3.01. The van der Waals surface area contributed by atoms with E-state index < -0.39 is 5.82 Å². The molecule has 6 rings (SSSR count). The Kier molecular flexibility index (Phi) is 6.07. The van der Waals surface area contributed by atoms with Crippen LogP contribution in [0, 0.1) is 5.82 Å². The van der Waals surface area contributed by atoms with Crippen LogP contribution in [0.3, 0.4) is 0 Å². The molecule has 0 amide bonds. The highest BCUT2D eigenvalue weighted by atomic mass is 35.5. The molecule has 11 heteroatoms. The van der Waals surface area contributed by atoms with Crippen LogP contribution >= 0.6 is 22.9 Å². The summed E-state index contributed by atoms with van der Waals surface area (Å²) in [4.78, 5) is 18.0. The maximum Gasteiger partial charge on any atom is 0.319 e. The molecule has 0 spiro atoms. The van der Waals surface area contributed by atoms with Gasteiger partial charge < -0.3 is 26.0 Å². The van der Waals surface area contributed by atoms with Crippen LogP contribution in [0.2, 0.25) is 5.02 Å². The van der Waals surface area contributed by atoms with Crippen LogP contribution in [0.1, 0.15) is 19.3 Å². The van der Waals surface area contributed by atoms with Gasteiger partial charge in [-0.3, -0.25) is 0 Å². The van der Waals surface area contributed by atoms with Gasteiger partial charge in [-0.2, -0.15) is 9.97 Å². The Labute approximate surface area is 217 Å². The van der Waals surface area contributed by atoms with Gasteiger partial charge in [0.05, 0.1) is 15.2 Å².